The Kier molecular flexibility index (Phi) is 4.20. The van der Waals surface area contributed by atoms with Crippen LogP contribution in [0.15, 0.2) is 24.3 Å². The zero-order valence-electron chi connectivity index (χ0n) is 11.0. The van der Waals surface area contributed by atoms with Gasteiger partial charge in [-0.3, -0.25) is 4.79 Å². The lowest BCUT2D eigenvalue weighted by Crippen LogP contribution is -2.40. The molecule has 1 amide bonds. The third-order valence-electron chi connectivity index (χ3n) is 2.97. The number of carbonyl (C=O) groups excluding carboxylic acids is 1. The molecule has 0 aliphatic carbocycles. The summed E-state index contributed by atoms with van der Waals surface area (Å²) in [7, 11) is 0. The second kappa shape index (κ2) is 5.87. The van der Waals surface area contributed by atoms with Crippen LogP contribution in [-0.2, 0) is 11.3 Å². The van der Waals surface area contributed by atoms with Gasteiger partial charge in [-0.1, -0.05) is 32.0 Å². The van der Waals surface area contributed by atoms with Crippen LogP contribution in [0.25, 0.3) is 0 Å². The Hall–Kier alpha value is -1.55. The number of nitrogens with one attached hydrogen (secondary N) is 1. The Labute approximate surface area is 108 Å². The van der Waals surface area contributed by atoms with Gasteiger partial charge >= 0.3 is 0 Å². The predicted molar refractivity (Wildman–Crippen MR) is 70.5 cm³/mol. The zero-order chi connectivity index (χ0) is 13.0. The van der Waals surface area contributed by atoms with E-state index in [0.717, 1.165) is 11.3 Å². The highest BCUT2D eigenvalue weighted by Gasteiger charge is 2.19. The summed E-state index contributed by atoms with van der Waals surface area (Å²) in [6, 6.07) is 8.22. The van der Waals surface area contributed by atoms with E-state index in [1.807, 2.05) is 43.0 Å². The van der Waals surface area contributed by atoms with E-state index < -0.39 is 0 Å². The smallest absolute Gasteiger partial charge is 0.236 e. The van der Waals surface area contributed by atoms with Crippen LogP contribution < -0.4 is 10.1 Å². The van der Waals surface area contributed by atoms with E-state index in [2.05, 4.69) is 5.32 Å². The number of hydrogen-bond donors (Lipinski definition) is 1. The van der Waals surface area contributed by atoms with E-state index >= 15 is 0 Å². The number of amides is 1. The Morgan fingerprint density at radius 2 is 2.22 bits per heavy atom. The minimum absolute atomic E-state index is 0.129. The molecule has 0 bridgehead atoms. The fourth-order valence-corrected chi connectivity index (χ4v) is 1.94. The van der Waals surface area contributed by atoms with Crippen LogP contribution in [0.5, 0.6) is 5.75 Å². The molecule has 4 nitrogen and oxygen atoms in total. The van der Waals surface area contributed by atoms with Crippen LogP contribution >= 0.6 is 0 Å². The third kappa shape index (κ3) is 3.23. The summed E-state index contributed by atoms with van der Waals surface area (Å²) in [5.41, 5.74) is 1.08. The summed E-state index contributed by atoms with van der Waals surface area (Å²) in [5, 5.41) is 3.15. The Morgan fingerprint density at radius 3 is 3.00 bits per heavy atom. The summed E-state index contributed by atoms with van der Waals surface area (Å²) >= 11 is 0. The molecular weight excluding hydrogens is 228 g/mol. The van der Waals surface area contributed by atoms with Crippen LogP contribution in [-0.4, -0.2) is 36.5 Å². The summed E-state index contributed by atoms with van der Waals surface area (Å²) in [5.74, 6) is 1.02. The summed E-state index contributed by atoms with van der Waals surface area (Å²) in [6.45, 7) is 6.30. The van der Waals surface area contributed by atoms with Crippen LogP contribution in [0.4, 0.5) is 0 Å². The molecule has 0 saturated heterocycles. The third-order valence-corrected chi connectivity index (χ3v) is 2.97. The fourth-order valence-electron chi connectivity index (χ4n) is 1.94. The van der Waals surface area contributed by atoms with Crippen molar-refractivity contribution in [2.24, 2.45) is 0 Å². The molecule has 0 spiro atoms. The van der Waals surface area contributed by atoms with Gasteiger partial charge in [-0.15, -0.1) is 0 Å². The van der Waals surface area contributed by atoms with Crippen molar-refractivity contribution < 1.29 is 9.53 Å². The monoisotopic (exact) mass is 248 g/mol. The maximum atomic E-state index is 12.1. The summed E-state index contributed by atoms with van der Waals surface area (Å²) in [4.78, 5) is 13.9. The molecule has 1 aromatic rings. The molecule has 2 rings (SSSR count). The molecule has 0 aromatic heterocycles. The molecule has 1 aliphatic rings. The average Bonchev–Trinajstić information content (AvgIpc) is 2.57. The van der Waals surface area contributed by atoms with E-state index in [4.69, 9.17) is 4.74 Å². The molecule has 0 radical (unpaired) electrons. The molecule has 1 aromatic carbocycles. The maximum Gasteiger partial charge on any atom is 0.236 e. The standard InChI is InChI=1S/C14H20N2O2/c1-11(2)15-9-14(17)16-7-8-18-13-6-4-3-5-12(13)10-16/h3-6,11,15H,7-10H2,1-2H3. The number of ether oxygens (including phenoxy) is 1. The lowest BCUT2D eigenvalue weighted by molar-refractivity contribution is -0.131. The zero-order valence-corrected chi connectivity index (χ0v) is 11.0. The molecule has 0 unspecified atom stereocenters. The molecule has 1 heterocycles. The van der Waals surface area contributed by atoms with Gasteiger partial charge in [0.1, 0.15) is 12.4 Å². The number of hydrogen-bond acceptors (Lipinski definition) is 3. The van der Waals surface area contributed by atoms with Crippen LogP contribution in [0.1, 0.15) is 19.4 Å². The lowest BCUT2D eigenvalue weighted by atomic mass is 10.2. The predicted octanol–water partition coefficient (Wildman–Crippen LogP) is 1.41. The highest BCUT2D eigenvalue weighted by Crippen LogP contribution is 2.22. The number of benzene rings is 1. The number of rotatable bonds is 3. The number of fused-ring (bicyclic) bond motifs is 1. The Morgan fingerprint density at radius 1 is 1.44 bits per heavy atom. The van der Waals surface area contributed by atoms with Gasteiger partial charge in [0.05, 0.1) is 13.1 Å². The molecule has 0 saturated carbocycles. The van der Waals surface area contributed by atoms with Gasteiger partial charge < -0.3 is 15.0 Å². The molecular formula is C14H20N2O2. The van der Waals surface area contributed by atoms with Crippen molar-refractivity contribution in [3.63, 3.8) is 0 Å². The van der Waals surface area contributed by atoms with Gasteiger partial charge in [0.25, 0.3) is 0 Å². The minimum atomic E-state index is 0.129. The van der Waals surface area contributed by atoms with Crippen molar-refractivity contribution >= 4 is 5.91 Å². The van der Waals surface area contributed by atoms with Crippen LogP contribution in [0.2, 0.25) is 0 Å². The van der Waals surface area contributed by atoms with Gasteiger partial charge in [0.15, 0.2) is 0 Å². The Balaban J connectivity index is 2.01. The summed E-state index contributed by atoms with van der Waals surface area (Å²) < 4.78 is 5.64. The second-order valence-corrected chi connectivity index (χ2v) is 4.81. The van der Waals surface area contributed by atoms with Gasteiger partial charge in [-0.05, 0) is 6.07 Å². The van der Waals surface area contributed by atoms with Crippen LogP contribution in [0, 0.1) is 0 Å². The average molecular weight is 248 g/mol. The second-order valence-electron chi connectivity index (χ2n) is 4.81. The molecule has 1 N–H and O–H groups in total. The van der Waals surface area contributed by atoms with Crippen molar-refractivity contribution in [1.82, 2.24) is 10.2 Å². The first kappa shape index (κ1) is 12.9. The van der Waals surface area contributed by atoms with Gasteiger partial charge in [-0.2, -0.15) is 0 Å². The van der Waals surface area contributed by atoms with E-state index in [0.29, 0.717) is 32.3 Å². The first-order valence-corrected chi connectivity index (χ1v) is 6.38. The van der Waals surface area contributed by atoms with Gasteiger partial charge in [0, 0.05) is 18.2 Å². The quantitative estimate of drug-likeness (QED) is 0.879. The fraction of sp³-hybridized carbons (Fsp3) is 0.500. The Bertz CT molecular complexity index is 418. The molecule has 18 heavy (non-hydrogen) atoms. The number of nitrogens with zero attached hydrogens (tertiary/aromatic N) is 1. The lowest BCUT2D eigenvalue weighted by Gasteiger charge is -2.20. The summed E-state index contributed by atoms with van der Waals surface area (Å²) in [6.07, 6.45) is 0. The van der Waals surface area contributed by atoms with E-state index in [1.165, 1.54) is 0 Å². The van der Waals surface area contributed by atoms with Crippen LogP contribution in [0.3, 0.4) is 0 Å². The van der Waals surface area contributed by atoms with Gasteiger partial charge in [-0.25, -0.2) is 0 Å². The molecule has 98 valence electrons. The maximum absolute atomic E-state index is 12.1. The van der Waals surface area contributed by atoms with E-state index in [-0.39, 0.29) is 5.91 Å². The number of para-hydroxylation sites is 1. The normalized spacial score (nSPS) is 14.9. The van der Waals surface area contributed by atoms with Gasteiger partial charge in [0.2, 0.25) is 5.91 Å². The SMILES string of the molecule is CC(C)NCC(=O)N1CCOc2ccccc2C1. The molecule has 4 heteroatoms. The highest BCUT2D eigenvalue weighted by molar-refractivity contribution is 5.78. The molecule has 1 aliphatic heterocycles. The van der Waals surface area contributed by atoms with Crippen molar-refractivity contribution in [2.45, 2.75) is 26.4 Å². The number of carbonyl (C=O) groups is 1. The largest absolute Gasteiger partial charge is 0.491 e. The van der Waals surface area contributed by atoms with Crippen molar-refractivity contribution in [2.75, 3.05) is 19.7 Å². The topological polar surface area (TPSA) is 41.6 Å². The van der Waals surface area contributed by atoms with Crippen molar-refractivity contribution in [3.05, 3.63) is 29.8 Å². The van der Waals surface area contributed by atoms with E-state index in [9.17, 15) is 4.79 Å². The molecule has 0 fully saturated rings. The minimum Gasteiger partial charge on any atom is -0.491 e. The first-order chi connectivity index (χ1) is 8.66. The van der Waals surface area contributed by atoms with Crippen molar-refractivity contribution in [1.29, 1.82) is 0 Å². The van der Waals surface area contributed by atoms with E-state index in [1.54, 1.807) is 0 Å². The highest BCUT2D eigenvalue weighted by atomic mass is 16.5. The first-order valence-electron chi connectivity index (χ1n) is 6.38. The molecule has 0 atom stereocenters. The van der Waals surface area contributed by atoms with Crippen molar-refractivity contribution in [3.8, 4) is 5.75 Å².